The van der Waals surface area contributed by atoms with E-state index < -0.39 is 0 Å². The highest BCUT2D eigenvalue weighted by molar-refractivity contribution is 5.78. The van der Waals surface area contributed by atoms with Gasteiger partial charge >= 0.3 is 0 Å². The summed E-state index contributed by atoms with van der Waals surface area (Å²) >= 11 is 0. The van der Waals surface area contributed by atoms with Crippen LogP contribution in [0.2, 0.25) is 0 Å². The van der Waals surface area contributed by atoms with E-state index in [4.69, 9.17) is 0 Å². The van der Waals surface area contributed by atoms with E-state index >= 15 is 0 Å². The number of rotatable bonds is 2. The zero-order chi connectivity index (χ0) is 12.5. The fraction of sp³-hybridized carbons (Fsp3) is 0.200. The van der Waals surface area contributed by atoms with Gasteiger partial charge in [0.2, 0.25) is 0 Å². The van der Waals surface area contributed by atoms with E-state index in [1.807, 2.05) is 19.1 Å². The molecule has 1 aliphatic heterocycles. The molecule has 1 aromatic carbocycles. The first-order valence-corrected chi connectivity index (χ1v) is 6.07. The zero-order valence-electron chi connectivity index (χ0n) is 10.3. The number of aryl methyl sites for hydroxylation is 1. The molecule has 0 unspecified atom stereocenters. The van der Waals surface area contributed by atoms with Gasteiger partial charge in [0.15, 0.2) is 6.29 Å². The minimum absolute atomic E-state index is 0.659. The third-order valence-electron chi connectivity index (χ3n) is 3.43. The van der Waals surface area contributed by atoms with Crippen molar-refractivity contribution in [2.45, 2.75) is 13.3 Å². The van der Waals surface area contributed by atoms with Crippen LogP contribution < -0.4 is 4.90 Å². The van der Waals surface area contributed by atoms with Crippen LogP contribution in [0.4, 0.5) is 11.5 Å². The number of anilines is 2. The molecule has 1 aliphatic rings. The van der Waals surface area contributed by atoms with E-state index in [1.165, 1.54) is 11.3 Å². The summed E-state index contributed by atoms with van der Waals surface area (Å²) in [6.45, 7) is 2.89. The number of para-hydroxylation sites is 1. The Labute approximate surface area is 106 Å². The maximum absolute atomic E-state index is 10.8. The summed E-state index contributed by atoms with van der Waals surface area (Å²) in [5.41, 5.74) is 4.21. The summed E-state index contributed by atoms with van der Waals surface area (Å²) in [4.78, 5) is 17.4. The minimum Gasteiger partial charge on any atom is -0.326 e. The van der Waals surface area contributed by atoms with Gasteiger partial charge in [-0.1, -0.05) is 18.2 Å². The quantitative estimate of drug-likeness (QED) is 0.754. The molecule has 0 spiro atoms. The van der Waals surface area contributed by atoms with Crippen LogP contribution in [0.25, 0.3) is 0 Å². The number of carbonyl (C=O) groups is 1. The van der Waals surface area contributed by atoms with E-state index in [0.717, 1.165) is 30.6 Å². The van der Waals surface area contributed by atoms with Crippen molar-refractivity contribution >= 4 is 17.8 Å². The first-order chi connectivity index (χ1) is 8.79. The SMILES string of the molecule is Cc1cc(N2CCc3ccccc32)ncc1C=O. The molecule has 1 aromatic heterocycles. The first-order valence-electron chi connectivity index (χ1n) is 6.07. The van der Waals surface area contributed by atoms with E-state index in [9.17, 15) is 4.79 Å². The van der Waals surface area contributed by atoms with Crippen molar-refractivity contribution in [2.24, 2.45) is 0 Å². The van der Waals surface area contributed by atoms with Crippen molar-refractivity contribution in [1.29, 1.82) is 0 Å². The van der Waals surface area contributed by atoms with Gasteiger partial charge in [-0.15, -0.1) is 0 Å². The van der Waals surface area contributed by atoms with Crippen LogP contribution in [-0.2, 0) is 6.42 Å². The van der Waals surface area contributed by atoms with Gasteiger partial charge < -0.3 is 4.90 Å². The molecule has 0 fully saturated rings. The number of aldehydes is 1. The molecule has 0 saturated heterocycles. The van der Waals surface area contributed by atoms with Crippen molar-refractivity contribution in [1.82, 2.24) is 4.98 Å². The van der Waals surface area contributed by atoms with E-state index in [1.54, 1.807) is 6.20 Å². The number of benzene rings is 1. The summed E-state index contributed by atoms with van der Waals surface area (Å²) in [7, 11) is 0. The summed E-state index contributed by atoms with van der Waals surface area (Å²) in [6.07, 6.45) is 3.55. The average molecular weight is 238 g/mol. The van der Waals surface area contributed by atoms with Crippen molar-refractivity contribution in [3.05, 3.63) is 53.2 Å². The lowest BCUT2D eigenvalue weighted by atomic mass is 10.1. The number of carbonyl (C=O) groups excluding carboxylic acids is 1. The second-order valence-corrected chi connectivity index (χ2v) is 4.55. The second kappa shape index (κ2) is 4.26. The van der Waals surface area contributed by atoms with Gasteiger partial charge in [0.1, 0.15) is 5.82 Å². The predicted molar refractivity (Wildman–Crippen MR) is 71.5 cm³/mol. The van der Waals surface area contributed by atoms with Crippen LogP contribution >= 0.6 is 0 Å². The topological polar surface area (TPSA) is 33.2 Å². The summed E-state index contributed by atoms with van der Waals surface area (Å²) < 4.78 is 0. The molecule has 2 aromatic rings. The smallest absolute Gasteiger partial charge is 0.151 e. The molecule has 90 valence electrons. The Bertz CT molecular complexity index is 607. The number of hydrogen-bond acceptors (Lipinski definition) is 3. The van der Waals surface area contributed by atoms with Gasteiger partial charge in [-0.3, -0.25) is 4.79 Å². The van der Waals surface area contributed by atoms with Gasteiger partial charge in [-0.25, -0.2) is 4.98 Å². The largest absolute Gasteiger partial charge is 0.326 e. The molecule has 0 amide bonds. The molecule has 3 rings (SSSR count). The van der Waals surface area contributed by atoms with Crippen molar-refractivity contribution in [3.8, 4) is 0 Å². The van der Waals surface area contributed by atoms with E-state index in [2.05, 4.69) is 28.1 Å². The number of pyridine rings is 1. The Morgan fingerprint density at radius 2 is 2.17 bits per heavy atom. The molecule has 0 atom stereocenters. The van der Waals surface area contributed by atoms with E-state index in [-0.39, 0.29) is 0 Å². The highest BCUT2D eigenvalue weighted by Gasteiger charge is 2.20. The van der Waals surface area contributed by atoms with Crippen LogP contribution in [0.5, 0.6) is 0 Å². The van der Waals surface area contributed by atoms with Crippen molar-refractivity contribution in [2.75, 3.05) is 11.4 Å². The molecule has 3 heteroatoms. The second-order valence-electron chi connectivity index (χ2n) is 4.55. The Morgan fingerprint density at radius 3 is 2.94 bits per heavy atom. The zero-order valence-corrected chi connectivity index (χ0v) is 10.3. The molecular formula is C15H14N2O. The molecule has 2 heterocycles. The highest BCUT2D eigenvalue weighted by Crippen LogP contribution is 2.33. The molecule has 18 heavy (non-hydrogen) atoms. The maximum atomic E-state index is 10.8. The Hall–Kier alpha value is -2.16. The molecule has 0 radical (unpaired) electrons. The lowest BCUT2D eigenvalue weighted by molar-refractivity contribution is 0.112. The monoisotopic (exact) mass is 238 g/mol. The third kappa shape index (κ3) is 1.68. The molecule has 0 bridgehead atoms. The van der Waals surface area contributed by atoms with Crippen molar-refractivity contribution in [3.63, 3.8) is 0 Å². The normalized spacial score (nSPS) is 13.5. The van der Waals surface area contributed by atoms with E-state index in [0.29, 0.717) is 5.56 Å². The van der Waals surface area contributed by atoms with Crippen LogP contribution in [0.1, 0.15) is 21.5 Å². The molecular weight excluding hydrogens is 224 g/mol. The lowest BCUT2D eigenvalue weighted by Crippen LogP contribution is -2.15. The van der Waals surface area contributed by atoms with Crippen LogP contribution in [-0.4, -0.2) is 17.8 Å². The maximum Gasteiger partial charge on any atom is 0.151 e. The molecule has 0 aliphatic carbocycles. The Morgan fingerprint density at radius 1 is 1.33 bits per heavy atom. The fourth-order valence-electron chi connectivity index (χ4n) is 2.40. The van der Waals surface area contributed by atoms with Crippen LogP contribution in [0.15, 0.2) is 36.5 Å². The van der Waals surface area contributed by atoms with Crippen molar-refractivity contribution < 1.29 is 4.79 Å². The number of hydrogen-bond donors (Lipinski definition) is 0. The summed E-state index contributed by atoms with van der Waals surface area (Å²) in [5, 5.41) is 0. The average Bonchev–Trinajstić information content (AvgIpc) is 2.82. The number of aromatic nitrogens is 1. The molecule has 3 nitrogen and oxygen atoms in total. The van der Waals surface area contributed by atoms with Crippen LogP contribution in [0.3, 0.4) is 0 Å². The Balaban J connectivity index is 2.02. The lowest BCUT2D eigenvalue weighted by Gasteiger charge is -2.18. The minimum atomic E-state index is 0.659. The van der Waals surface area contributed by atoms with Gasteiger partial charge in [0, 0.05) is 24.0 Å². The van der Waals surface area contributed by atoms with Crippen LogP contribution in [0, 0.1) is 6.92 Å². The fourth-order valence-corrected chi connectivity index (χ4v) is 2.40. The van der Waals surface area contributed by atoms with Gasteiger partial charge in [0.05, 0.1) is 0 Å². The highest BCUT2D eigenvalue weighted by atomic mass is 16.1. The summed E-state index contributed by atoms with van der Waals surface area (Å²) in [6, 6.07) is 10.4. The third-order valence-corrected chi connectivity index (χ3v) is 3.43. The molecule has 0 N–H and O–H groups in total. The van der Waals surface area contributed by atoms with Gasteiger partial charge in [-0.2, -0.15) is 0 Å². The number of fused-ring (bicyclic) bond motifs is 1. The van der Waals surface area contributed by atoms with Gasteiger partial charge in [0.25, 0.3) is 0 Å². The predicted octanol–water partition coefficient (Wildman–Crippen LogP) is 2.90. The standard InChI is InChI=1S/C15H14N2O/c1-11-8-15(16-9-13(11)10-18)17-7-6-12-4-2-3-5-14(12)17/h2-5,8-10H,6-7H2,1H3. The first kappa shape index (κ1) is 11.0. The molecule has 0 saturated carbocycles. The number of nitrogens with zero attached hydrogens (tertiary/aromatic N) is 2. The summed E-state index contributed by atoms with van der Waals surface area (Å²) in [5.74, 6) is 0.919. The Kier molecular flexibility index (Phi) is 2.59. The van der Waals surface area contributed by atoms with Gasteiger partial charge in [-0.05, 0) is 36.6 Å².